The summed E-state index contributed by atoms with van der Waals surface area (Å²) in [6.07, 6.45) is 4.36. The molecule has 5 aromatic carbocycles. The first kappa shape index (κ1) is 22.7. The fourth-order valence-corrected chi connectivity index (χ4v) is 4.36. The molecule has 0 saturated heterocycles. The average Bonchev–Trinajstić information content (AvgIpc) is 2.89. The van der Waals surface area contributed by atoms with E-state index >= 15 is 0 Å². The molecule has 5 aromatic rings. The zero-order chi connectivity index (χ0) is 24.3. The van der Waals surface area contributed by atoms with Crippen molar-refractivity contribution in [3.05, 3.63) is 138 Å². The molecule has 0 bridgehead atoms. The average molecular weight is 454 g/mol. The third-order valence-corrected chi connectivity index (χ3v) is 6.40. The van der Waals surface area contributed by atoms with Gasteiger partial charge in [-0.2, -0.15) is 0 Å². The van der Waals surface area contributed by atoms with E-state index in [1.54, 1.807) is 0 Å². The Labute approximate surface area is 209 Å². The lowest BCUT2D eigenvalue weighted by molar-refractivity contribution is 0.590. The maximum Gasteiger partial charge on any atom is 0.0468 e. The van der Waals surface area contributed by atoms with Gasteiger partial charge in [0.15, 0.2) is 0 Å². The Morgan fingerprint density at radius 2 is 1.00 bits per heavy atom. The smallest absolute Gasteiger partial charge is 0.0468 e. The molecule has 0 atom stereocenters. The van der Waals surface area contributed by atoms with Crippen molar-refractivity contribution in [1.82, 2.24) is 0 Å². The molecule has 0 N–H and O–H groups in total. The molecule has 0 radical (unpaired) electrons. The third-order valence-electron chi connectivity index (χ3n) is 6.40. The first-order valence-corrected chi connectivity index (χ1v) is 12.2. The quantitative estimate of drug-likeness (QED) is 0.239. The lowest BCUT2D eigenvalue weighted by Gasteiger charge is -2.26. The van der Waals surface area contributed by atoms with Crippen LogP contribution in [0.25, 0.3) is 22.9 Å². The molecule has 1 nitrogen and oxygen atoms in total. The predicted molar refractivity (Wildman–Crippen MR) is 153 cm³/mol. The van der Waals surface area contributed by atoms with Gasteiger partial charge in [0, 0.05) is 17.1 Å². The second kappa shape index (κ2) is 9.64. The Kier molecular flexibility index (Phi) is 6.25. The van der Waals surface area contributed by atoms with Gasteiger partial charge >= 0.3 is 0 Å². The SMILES string of the molecule is CC(C)(C)c1ccc(/C=C/c2ccc(N(c3ccccc3)c3ccc4ccccc4c3)cc2)cc1. The van der Waals surface area contributed by atoms with Gasteiger partial charge in [-0.05, 0) is 69.3 Å². The van der Waals surface area contributed by atoms with Crippen molar-refractivity contribution in [2.24, 2.45) is 0 Å². The number of fused-ring (bicyclic) bond motifs is 1. The highest BCUT2D eigenvalue weighted by molar-refractivity contribution is 5.89. The molecule has 0 spiro atoms. The zero-order valence-corrected chi connectivity index (χ0v) is 20.6. The summed E-state index contributed by atoms with van der Waals surface area (Å²) >= 11 is 0. The van der Waals surface area contributed by atoms with E-state index in [-0.39, 0.29) is 5.41 Å². The van der Waals surface area contributed by atoms with Crippen LogP contribution in [0.1, 0.15) is 37.5 Å². The normalized spacial score (nSPS) is 11.7. The lowest BCUT2D eigenvalue weighted by atomic mass is 9.87. The van der Waals surface area contributed by atoms with Gasteiger partial charge in [-0.3, -0.25) is 0 Å². The van der Waals surface area contributed by atoms with Gasteiger partial charge in [-0.25, -0.2) is 0 Å². The Balaban J connectivity index is 1.44. The van der Waals surface area contributed by atoms with Crippen LogP contribution < -0.4 is 4.90 Å². The number of nitrogens with zero attached hydrogens (tertiary/aromatic N) is 1. The number of para-hydroxylation sites is 1. The topological polar surface area (TPSA) is 3.24 Å². The van der Waals surface area contributed by atoms with Gasteiger partial charge in [0.1, 0.15) is 0 Å². The van der Waals surface area contributed by atoms with E-state index < -0.39 is 0 Å². The minimum atomic E-state index is 0.174. The van der Waals surface area contributed by atoms with E-state index in [0.717, 1.165) is 17.1 Å². The van der Waals surface area contributed by atoms with Crippen molar-refractivity contribution in [3.63, 3.8) is 0 Å². The first-order valence-electron chi connectivity index (χ1n) is 12.2. The van der Waals surface area contributed by atoms with Gasteiger partial charge < -0.3 is 4.90 Å². The van der Waals surface area contributed by atoms with Crippen molar-refractivity contribution in [1.29, 1.82) is 0 Å². The summed E-state index contributed by atoms with van der Waals surface area (Å²) in [6, 6.07) is 43.3. The molecule has 0 aromatic heterocycles. The standard InChI is InChI=1S/C34H31N/c1-34(2,3)30-20-15-26(16-21-30)13-14-27-17-22-32(23-18-27)35(31-11-5-4-6-12-31)33-24-19-28-9-7-8-10-29(28)25-33/h4-25H,1-3H3/b14-13+. The summed E-state index contributed by atoms with van der Waals surface area (Å²) in [7, 11) is 0. The first-order chi connectivity index (χ1) is 17.0. The second-order valence-electron chi connectivity index (χ2n) is 10.00. The van der Waals surface area contributed by atoms with Crippen molar-refractivity contribution >= 4 is 40.0 Å². The van der Waals surface area contributed by atoms with E-state index in [0.29, 0.717) is 0 Å². The largest absolute Gasteiger partial charge is 0.310 e. The fourth-order valence-electron chi connectivity index (χ4n) is 4.36. The van der Waals surface area contributed by atoms with Crippen LogP contribution >= 0.6 is 0 Å². The maximum absolute atomic E-state index is 2.31. The highest BCUT2D eigenvalue weighted by atomic mass is 15.1. The summed E-state index contributed by atoms with van der Waals surface area (Å²) in [4.78, 5) is 2.31. The fraction of sp³-hybridized carbons (Fsp3) is 0.118. The maximum atomic E-state index is 2.31. The van der Waals surface area contributed by atoms with Gasteiger partial charge in [0.05, 0.1) is 0 Å². The van der Waals surface area contributed by atoms with E-state index in [9.17, 15) is 0 Å². The summed E-state index contributed by atoms with van der Waals surface area (Å²) in [5, 5.41) is 2.49. The molecule has 0 amide bonds. The van der Waals surface area contributed by atoms with Gasteiger partial charge in [0.25, 0.3) is 0 Å². The third kappa shape index (κ3) is 5.20. The highest BCUT2D eigenvalue weighted by Crippen LogP contribution is 2.36. The van der Waals surface area contributed by atoms with E-state index in [4.69, 9.17) is 0 Å². The van der Waals surface area contributed by atoms with Gasteiger partial charge in [-0.1, -0.05) is 118 Å². The number of rotatable bonds is 5. The van der Waals surface area contributed by atoms with Crippen LogP contribution in [0.2, 0.25) is 0 Å². The number of benzene rings is 5. The molecule has 0 unspecified atom stereocenters. The molecule has 0 aliphatic rings. The number of anilines is 3. The van der Waals surface area contributed by atoms with Crippen molar-refractivity contribution in [2.75, 3.05) is 4.90 Å². The van der Waals surface area contributed by atoms with Crippen LogP contribution in [-0.2, 0) is 5.41 Å². The molecule has 0 heterocycles. The summed E-state index contributed by atoms with van der Waals surface area (Å²) in [5.74, 6) is 0. The molecule has 0 saturated carbocycles. The number of hydrogen-bond donors (Lipinski definition) is 0. The predicted octanol–water partition coefficient (Wildman–Crippen LogP) is 9.78. The highest BCUT2D eigenvalue weighted by Gasteiger charge is 2.13. The van der Waals surface area contributed by atoms with Crippen LogP contribution in [0.3, 0.4) is 0 Å². The van der Waals surface area contributed by atoms with Gasteiger partial charge in [-0.15, -0.1) is 0 Å². The molecule has 5 rings (SSSR count). The molecule has 35 heavy (non-hydrogen) atoms. The van der Waals surface area contributed by atoms with Crippen molar-refractivity contribution in [3.8, 4) is 0 Å². The summed E-state index contributed by atoms with van der Waals surface area (Å²) in [6.45, 7) is 6.74. The molecule has 1 heteroatoms. The minimum Gasteiger partial charge on any atom is -0.310 e. The zero-order valence-electron chi connectivity index (χ0n) is 20.6. The van der Waals surface area contributed by atoms with Crippen molar-refractivity contribution < 1.29 is 0 Å². The Hall–Kier alpha value is -4.10. The van der Waals surface area contributed by atoms with E-state index in [1.807, 2.05) is 0 Å². The molecular formula is C34H31N. The van der Waals surface area contributed by atoms with Crippen LogP contribution in [0.15, 0.2) is 121 Å². The van der Waals surface area contributed by atoms with Crippen LogP contribution in [0.4, 0.5) is 17.1 Å². The van der Waals surface area contributed by atoms with Crippen LogP contribution in [0, 0.1) is 0 Å². The minimum absolute atomic E-state index is 0.174. The molecule has 172 valence electrons. The lowest BCUT2D eigenvalue weighted by Crippen LogP contribution is -2.10. The Morgan fingerprint density at radius 1 is 0.486 bits per heavy atom. The summed E-state index contributed by atoms with van der Waals surface area (Å²) in [5.41, 5.74) is 7.35. The second-order valence-corrected chi connectivity index (χ2v) is 10.00. The van der Waals surface area contributed by atoms with Crippen molar-refractivity contribution in [2.45, 2.75) is 26.2 Å². The Bertz CT molecular complexity index is 1440. The van der Waals surface area contributed by atoms with Gasteiger partial charge in [0.2, 0.25) is 0 Å². The monoisotopic (exact) mass is 453 g/mol. The summed E-state index contributed by atoms with van der Waals surface area (Å²) < 4.78 is 0. The van der Waals surface area contributed by atoms with Crippen LogP contribution in [-0.4, -0.2) is 0 Å². The van der Waals surface area contributed by atoms with E-state index in [1.165, 1.54) is 27.5 Å². The Morgan fingerprint density at radius 3 is 1.63 bits per heavy atom. The molecular weight excluding hydrogens is 422 g/mol. The molecule has 0 fully saturated rings. The molecule has 0 aliphatic heterocycles. The number of hydrogen-bond acceptors (Lipinski definition) is 1. The van der Waals surface area contributed by atoms with E-state index in [2.05, 4.69) is 159 Å². The van der Waals surface area contributed by atoms with Crippen LogP contribution in [0.5, 0.6) is 0 Å². The molecule has 0 aliphatic carbocycles.